The third-order valence-electron chi connectivity index (χ3n) is 13.1. The van der Waals surface area contributed by atoms with E-state index in [1.165, 1.54) is 66.5 Å². The summed E-state index contributed by atoms with van der Waals surface area (Å²) >= 11 is 0. The summed E-state index contributed by atoms with van der Waals surface area (Å²) in [6.45, 7) is 2.37. The zero-order chi connectivity index (χ0) is 43.3. The van der Waals surface area contributed by atoms with Crippen LogP contribution in [-0.4, -0.2) is 9.13 Å². The highest BCUT2D eigenvalue weighted by molar-refractivity contribution is 6.10. The number of anilines is 5. The second-order valence-electron chi connectivity index (χ2n) is 17.0. The van der Waals surface area contributed by atoms with Crippen molar-refractivity contribution < 1.29 is 0 Å². The van der Waals surface area contributed by atoms with Crippen molar-refractivity contribution in [2.24, 2.45) is 5.92 Å². The highest BCUT2D eigenvalue weighted by Crippen LogP contribution is 2.44. The van der Waals surface area contributed by atoms with E-state index in [-0.39, 0.29) is 5.92 Å². The Labute approximate surface area is 379 Å². The van der Waals surface area contributed by atoms with Gasteiger partial charge in [0.2, 0.25) is 0 Å². The lowest BCUT2D eigenvalue weighted by atomic mass is 9.89. The maximum atomic E-state index is 2.46. The number of fused-ring (bicyclic) bond motifs is 6. The van der Waals surface area contributed by atoms with Crippen LogP contribution in [0.4, 0.5) is 28.4 Å². The SMILES string of the molecule is CC1Cc2c(c3ccccc3n2-c2ccccc2)C=C1N(c1ccccc1)c1ccc(-c2ccc(N(c3ccccc3)c3ccc4c(c3)c3ccccc3n4-c3ccccc3)cc2)cc1. The lowest BCUT2D eigenvalue weighted by molar-refractivity contribution is 0.638. The Kier molecular flexibility index (Phi) is 9.49. The van der Waals surface area contributed by atoms with Crippen LogP contribution in [-0.2, 0) is 6.42 Å². The molecule has 0 bridgehead atoms. The van der Waals surface area contributed by atoms with Crippen molar-refractivity contribution in [1.29, 1.82) is 0 Å². The largest absolute Gasteiger partial charge is 0.314 e. The van der Waals surface area contributed by atoms with Gasteiger partial charge in [-0.2, -0.15) is 0 Å². The minimum atomic E-state index is 0.275. The molecule has 310 valence electrons. The van der Waals surface area contributed by atoms with E-state index in [1.54, 1.807) is 0 Å². The standard InChI is InChI=1S/C61H46N4/c1-43-40-61-56(54-27-15-17-29-58(54)65(61)49-24-12-5-13-25-49)42-60(43)63(47-20-8-3-9-21-47)51-36-32-45(33-37-51)44-30-34-50(35-31-44)62(46-18-6-2-7-19-46)52-38-39-59-55(41-52)53-26-14-16-28-57(53)64(59)48-22-10-4-11-23-48/h2-39,41-43H,40H2,1H3. The number of aromatic nitrogens is 2. The molecule has 0 amide bonds. The van der Waals surface area contributed by atoms with Crippen LogP contribution in [0.15, 0.2) is 242 Å². The van der Waals surface area contributed by atoms with Gasteiger partial charge in [-0.1, -0.05) is 140 Å². The molecular weight excluding hydrogens is 789 g/mol. The van der Waals surface area contributed by atoms with E-state index in [4.69, 9.17) is 0 Å². The first-order chi connectivity index (χ1) is 32.2. The molecule has 0 N–H and O–H groups in total. The van der Waals surface area contributed by atoms with Gasteiger partial charge >= 0.3 is 0 Å². The maximum absolute atomic E-state index is 2.46. The summed E-state index contributed by atoms with van der Waals surface area (Å²) in [5.41, 5.74) is 17.9. The van der Waals surface area contributed by atoms with Crippen LogP contribution < -0.4 is 9.80 Å². The summed E-state index contributed by atoms with van der Waals surface area (Å²) in [6.07, 6.45) is 3.38. The number of nitrogens with zero attached hydrogens (tertiary/aromatic N) is 4. The number of para-hydroxylation sites is 6. The maximum Gasteiger partial charge on any atom is 0.0542 e. The van der Waals surface area contributed by atoms with Gasteiger partial charge in [0.05, 0.1) is 16.6 Å². The van der Waals surface area contributed by atoms with Crippen LogP contribution in [0.25, 0.3) is 61.3 Å². The Bertz CT molecular complexity index is 3500. The number of rotatable bonds is 9. The topological polar surface area (TPSA) is 16.3 Å². The van der Waals surface area contributed by atoms with Gasteiger partial charge in [-0.05, 0) is 127 Å². The fourth-order valence-corrected chi connectivity index (χ4v) is 10.1. The van der Waals surface area contributed by atoms with Crippen molar-refractivity contribution in [2.75, 3.05) is 9.80 Å². The molecule has 0 radical (unpaired) electrons. The molecule has 12 rings (SSSR count). The number of hydrogen-bond acceptors (Lipinski definition) is 2. The van der Waals surface area contributed by atoms with Gasteiger partial charge in [0.25, 0.3) is 0 Å². The van der Waals surface area contributed by atoms with Crippen molar-refractivity contribution in [3.05, 3.63) is 254 Å². The van der Waals surface area contributed by atoms with Gasteiger partial charge in [0.15, 0.2) is 0 Å². The quantitative estimate of drug-likeness (QED) is 0.144. The molecule has 65 heavy (non-hydrogen) atoms. The Balaban J connectivity index is 0.901. The second-order valence-corrected chi connectivity index (χ2v) is 17.0. The molecule has 1 aliphatic carbocycles. The Morgan fingerprint density at radius 3 is 1.40 bits per heavy atom. The van der Waals surface area contributed by atoms with Crippen LogP contribution in [0, 0.1) is 5.92 Å². The molecule has 0 fully saturated rings. The van der Waals surface area contributed by atoms with Crippen molar-refractivity contribution >= 4 is 67.2 Å². The summed E-state index contributed by atoms with van der Waals surface area (Å²) < 4.78 is 4.83. The summed E-state index contributed by atoms with van der Waals surface area (Å²) in [5.74, 6) is 0.275. The average Bonchev–Trinajstić information content (AvgIpc) is 3.88. The van der Waals surface area contributed by atoms with E-state index in [0.29, 0.717) is 0 Å². The summed E-state index contributed by atoms with van der Waals surface area (Å²) in [4.78, 5) is 4.82. The molecule has 11 aromatic rings. The molecule has 2 heterocycles. The Morgan fingerprint density at radius 1 is 0.369 bits per heavy atom. The van der Waals surface area contributed by atoms with Crippen molar-refractivity contribution in [2.45, 2.75) is 13.3 Å². The number of hydrogen-bond donors (Lipinski definition) is 0. The number of allylic oxidation sites excluding steroid dienone is 1. The summed E-state index contributed by atoms with van der Waals surface area (Å²) in [5, 5.41) is 3.74. The summed E-state index contributed by atoms with van der Waals surface area (Å²) in [7, 11) is 0. The molecule has 1 aliphatic rings. The van der Waals surface area contributed by atoms with Gasteiger partial charge in [-0.3, -0.25) is 0 Å². The molecule has 2 aromatic heterocycles. The highest BCUT2D eigenvalue weighted by atomic mass is 15.2. The van der Waals surface area contributed by atoms with Crippen LogP contribution in [0.2, 0.25) is 0 Å². The van der Waals surface area contributed by atoms with Crippen molar-refractivity contribution in [3.63, 3.8) is 0 Å². The normalized spacial score (nSPS) is 13.5. The third kappa shape index (κ3) is 6.70. The Morgan fingerprint density at radius 2 is 0.800 bits per heavy atom. The zero-order valence-electron chi connectivity index (χ0n) is 36.2. The molecule has 1 atom stereocenters. The van der Waals surface area contributed by atoms with E-state index in [2.05, 4.69) is 269 Å². The predicted molar refractivity (Wildman–Crippen MR) is 274 cm³/mol. The fraction of sp³-hybridized carbons (Fsp3) is 0.0492. The molecule has 4 heteroatoms. The van der Waals surface area contributed by atoms with Gasteiger partial charge in [-0.15, -0.1) is 0 Å². The number of benzene rings is 9. The summed E-state index contributed by atoms with van der Waals surface area (Å²) in [6, 6.07) is 85.5. The molecule has 9 aromatic carbocycles. The van der Waals surface area contributed by atoms with Crippen molar-refractivity contribution in [3.8, 4) is 22.5 Å². The van der Waals surface area contributed by atoms with E-state index in [0.717, 1.165) is 40.5 Å². The van der Waals surface area contributed by atoms with Gasteiger partial charge in [0, 0.05) is 78.8 Å². The minimum Gasteiger partial charge on any atom is -0.314 e. The zero-order valence-corrected chi connectivity index (χ0v) is 36.2. The first kappa shape index (κ1) is 38.3. The average molecular weight is 835 g/mol. The van der Waals surface area contributed by atoms with E-state index < -0.39 is 0 Å². The van der Waals surface area contributed by atoms with Crippen molar-refractivity contribution in [1.82, 2.24) is 9.13 Å². The lowest BCUT2D eigenvalue weighted by Crippen LogP contribution is -2.25. The van der Waals surface area contributed by atoms with Crippen LogP contribution in [0.5, 0.6) is 0 Å². The van der Waals surface area contributed by atoms with Crippen LogP contribution in [0.1, 0.15) is 18.2 Å². The molecule has 0 aliphatic heterocycles. The minimum absolute atomic E-state index is 0.275. The third-order valence-corrected chi connectivity index (χ3v) is 13.1. The molecule has 1 unspecified atom stereocenters. The monoisotopic (exact) mass is 834 g/mol. The Hall–Kier alpha value is -8.34. The van der Waals surface area contributed by atoms with E-state index in [1.807, 2.05) is 0 Å². The molecular formula is C61H46N4. The first-order valence-electron chi connectivity index (χ1n) is 22.6. The molecule has 4 nitrogen and oxygen atoms in total. The fourth-order valence-electron chi connectivity index (χ4n) is 10.1. The molecule has 0 spiro atoms. The predicted octanol–water partition coefficient (Wildman–Crippen LogP) is 16.2. The van der Waals surface area contributed by atoms with E-state index >= 15 is 0 Å². The van der Waals surface area contributed by atoms with Gasteiger partial charge in [-0.25, -0.2) is 0 Å². The van der Waals surface area contributed by atoms with Gasteiger partial charge in [0.1, 0.15) is 0 Å². The van der Waals surface area contributed by atoms with Gasteiger partial charge < -0.3 is 18.9 Å². The van der Waals surface area contributed by atoms with Crippen LogP contribution in [0.3, 0.4) is 0 Å². The highest BCUT2D eigenvalue weighted by Gasteiger charge is 2.29. The van der Waals surface area contributed by atoms with Crippen LogP contribution >= 0.6 is 0 Å². The smallest absolute Gasteiger partial charge is 0.0542 e. The second kappa shape index (κ2) is 16.1. The lowest BCUT2D eigenvalue weighted by Gasteiger charge is -2.34. The molecule has 0 saturated heterocycles. The first-order valence-corrected chi connectivity index (χ1v) is 22.6. The molecule has 0 saturated carbocycles. The van der Waals surface area contributed by atoms with E-state index in [9.17, 15) is 0 Å².